The first kappa shape index (κ1) is 14.0. The van der Waals surface area contributed by atoms with Crippen LogP contribution in [0, 0.1) is 0 Å². The van der Waals surface area contributed by atoms with E-state index in [0.717, 1.165) is 0 Å². The second kappa shape index (κ2) is 6.23. The van der Waals surface area contributed by atoms with Crippen LogP contribution in [0.4, 0.5) is 0 Å². The number of benzene rings is 3. The molecule has 0 bridgehead atoms. The lowest BCUT2D eigenvalue weighted by Gasteiger charge is -2.14. The molecule has 3 aromatic carbocycles. The van der Waals surface area contributed by atoms with E-state index in [1.807, 2.05) is 0 Å². The number of hydrogen-bond acceptors (Lipinski definition) is 1. The Morgan fingerprint density at radius 1 is 0.478 bits per heavy atom. The average molecular weight is 312 g/mol. The molecule has 0 fully saturated rings. The number of hydrogen-bond donors (Lipinski definition) is 0. The number of rotatable bonds is 3. The summed E-state index contributed by atoms with van der Waals surface area (Å²) in [5.41, 5.74) is 6.41. The molecule has 0 unspecified atom stereocenters. The van der Waals surface area contributed by atoms with Crippen molar-refractivity contribution in [2.45, 2.75) is 0 Å². The van der Waals surface area contributed by atoms with Crippen molar-refractivity contribution in [3.05, 3.63) is 96.4 Å². The lowest BCUT2D eigenvalue weighted by atomic mass is 9.91. The van der Waals surface area contributed by atoms with Gasteiger partial charge in [0.25, 0.3) is 0 Å². The van der Waals surface area contributed by atoms with Crippen molar-refractivity contribution in [3.63, 3.8) is 0 Å². The van der Waals surface area contributed by atoms with Crippen molar-refractivity contribution in [2.24, 2.45) is 0 Å². The molecule has 0 spiro atoms. The van der Waals surface area contributed by atoms with Crippen molar-refractivity contribution in [1.29, 1.82) is 0 Å². The third kappa shape index (κ3) is 2.71. The highest BCUT2D eigenvalue weighted by Gasteiger charge is 2.14. The van der Waals surface area contributed by atoms with Crippen LogP contribution in [0.3, 0.4) is 0 Å². The first-order valence-corrected chi connectivity index (χ1v) is 8.59. The Morgan fingerprint density at radius 3 is 1.52 bits per heavy atom. The van der Waals surface area contributed by atoms with Gasteiger partial charge in [-0.3, -0.25) is 0 Å². The Morgan fingerprint density at radius 2 is 1.04 bits per heavy atom. The van der Waals surface area contributed by atoms with Gasteiger partial charge in [0.05, 0.1) is 0 Å². The van der Waals surface area contributed by atoms with Crippen molar-refractivity contribution in [1.82, 2.24) is 0 Å². The van der Waals surface area contributed by atoms with Gasteiger partial charge in [-0.05, 0) is 33.7 Å². The van der Waals surface area contributed by atoms with Gasteiger partial charge in [-0.2, -0.15) is 0 Å². The summed E-state index contributed by atoms with van der Waals surface area (Å²) in [4.78, 5) is 1.31. The second-order valence-electron chi connectivity index (χ2n) is 5.44. The summed E-state index contributed by atoms with van der Waals surface area (Å²) in [7, 11) is 0. The summed E-state index contributed by atoms with van der Waals surface area (Å²) in [5, 5.41) is 2.14. The topological polar surface area (TPSA) is 0 Å². The molecule has 23 heavy (non-hydrogen) atoms. The molecule has 4 rings (SSSR count). The van der Waals surface area contributed by atoms with E-state index in [-0.39, 0.29) is 0 Å². The molecule has 0 aliphatic rings. The van der Waals surface area contributed by atoms with Crippen molar-refractivity contribution in [2.75, 3.05) is 0 Å². The van der Waals surface area contributed by atoms with Crippen LogP contribution in [-0.4, -0.2) is 0 Å². The molecule has 1 heterocycles. The highest BCUT2D eigenvalue weighted by molar-refractivity contribution is 7.13. The molecule has 4 aromatic rings. The maximum atomic E-state index is 2.22. The molecule has 0 atom stereocenters. The van der Waals surface area contributed by atoms with Crippen LogP contribution in [0.25, 0.3) is 32.7 Å². The van der Waals surface area contributed by atoms with Crippen LogP contribution in [0.2, 0.25) is 0 Å². The summed E-state index contributed by atoms with van der Waals surface area (Å²) >= 11 is 1.79. The molecule has 0 saturated heterocycles. The predicted octanol–water partition coefficient (Wildman–Crippen LogP) is 6.75. The van der Waals surface area contributed by atoms with Crippen molar-refractivity contribution >= 4 is 11.3 Å². The Kier molecular flexibility index (Phi) is 3.79. The van der Waals surface area contributed by atoms with Crippen molar-refractivity contribution < 1.29 is 0 Å². The first-order chi connectivity index (χ1) is 11.4. The van der Waals surface area contributed by atoms with E-state index in [4.69, 9.17) is 0 Å². The molecular formula is C22H16S. The highest BCUT2D eigenvalue weighted by Crippen LogP contribution is 2.41. The lowest BCUT2D eigenvalue weighted by molar-refractivity contribution is 1.58. The molecule has 0 saturated carbocycles. The van der Waals surface area contributed by atoms with E-state index in [2.05, 4.69) is 96.4 Å². The van der Waals surface area contributed by atoms with E-state index in [0.29, 0.717) is 0 Å². The van der Waals surface area contributed by atoms with Gasteiger partial charge in [0.15, 0.2) is 0 Å². The lowest BCUT2D eigenvalue weighted by Crippen LogP contribution is -1.88. The van der Waals surface area contributed by atoms with Gasteiger partial charge in [0.1, 0.15) is 0 Å². The normalized spacial score (nSPS) is 10.6. The maximum Gasteiger partial charge on any atom is 0.0355 e. The number of thiophene rings is 1. The zero-order chi connectivity index (χ0) is 15.5. The molecule has 1 heteroatoms. The third-order valence-corrected chi connectivity index (χ3v) is 4.89. The van der Waals surface area contributed by atoms with E-state index in [1.54, 1.807) is 11.3 Å². The van der Waals surface area contributed by atoms with Gasteiger partial charge >= 0.3 is 0 Å². The van der Waals surface area contributed by atoms with Gasteiger partial charge in [0.2, 0.25) is 0 Å². The zero-order valence-electron chi connectivity index (χ0n) is 12.6. The average Bonchev–Trinajstić information content (AvgIpc) is 3.17. The SMILES string of the molecule is c1ccc(-c2cccc(-c3ccccc3)c2-c2cccs2)cc1. The van der Waals surface area contributed by atoms with Gasteiger partial charge in [-0.15, -0.1) is 11.3 Å². The fourth-order valence-corrected chi connectivity index (χ4v) is 3.75. The summed E-state index contributed by atoms with van der Waals surface area (Å²) in [6.07, 6.45) is 0. The standard InChI is InChI=1S/C22H16S/c1-3-9-17(10-4-1)19-13-7-14-20(18-11-5-2-6-12-18)22(19)21-15-8-16-23-21/h1-16H. The Balaban J connectivity index is 2.01. The quantitative estimate of drug-likeness (QED) is 0.392. The molecule has 0 aliphatic carbocycles. The van der Waals surface area contributed by atoms with Crippen LogP contribution in [0.1, 0.15) is 0 Å². The minimum Gasteiger partial charge on any atom is -0.144 e. The van der Waals surface area contributed by atoms with Crippen LogP contribution >= 0.6 is 11.3 Å². The second-order valence-corrected chi connectivity index (χ2v) is 6.39. The minimum atomic E-state index is 1.26. The fraction of sp³-hybridized carbons (Fsp3) is 0. The molecule has 1 aromatic heterocycles. The Bertz CT molecular complexity index is 834. The van der Waals surface area contributed by atoms with E-state index < -0.39 is 0 Å². The van der Waals surface area contributed by atoms with Gasteiger partial charge in [-0.1, -0.05) is 84.9 Å². The largest absolute Gasteiger partial charge is 0.144 e. The van der Waals surface area contributed by atoms with Crippen molar-refractivity contribution in [3.8, 4) is 32.7 Å². The monoisotopic (exact) mass is 312 g/mol. The molecule has 0 N–H and O–H groups in total. The molecular weight excluding hydrogens is 296 g/mol. The Labute approximate surface area is 140 Å². The van der Waals surface area contributed by atoms with E-state index in [1.165, 1.54) is 32.7 Å². The van der Waals surface area contributed by atoms with Crippen LogP contribution in [-0.2, 0) is 0 Å². The van der Waals surface area contributed by atoms with Gasteiger partial charge < -0.3 is 0 Å². The molecule has 0 radical (unpaired) electrons. The zero-order valence-corrected chi connectivity index (χ0v) is 13.5. The molecule has 110 valence electrons. The van der Waals surface area contributed by atoms with Gasteiger partial charge in [-0.25, -0.2) is 0 Å². The first-order valence-electron chi connectivity index (χ1n) is 7.71. The third-order valence-electron chi connectivity index (χ3n) is 4.00. The maximum absolute atomic E-state index is 2.22. The van der Waals surface area contributed by atoms with Crippen LogP contribution in [0.15, 0.2) is 96.4 Å². The van der Waals surface area contributed by atoms with Crippen LogP contribution in [0.5, 0.6) is 0 Å². The summed E-state index contributed by atoms with van der Waals surface area (Å²) in [5.74, 6) is 0. The predicted molar refractivity (Wildman–Crippen MR) is 101 cm³/mol. The highest BCUT2D eigenvalue weighted by atomic mass is 32.1. The van der Waals surface area contributed by atoms with Gasteiger partial charge in [0, 0.05) is 10.4 Å². The molecule has 0 aliphatic heterocycles. The van der Waals surface area contributed by atoms with E-state index in [9.17, 15) is 0 Å². The summed E-state index contributed by atoms with van der Waals surface area (Å²) in [6.45, 7) is 0. The smallest absolute Gasteiger partial charge is 0.0355 e. The van der Waals surface area contributed by atoms with Crippen LogP contribution < -0.4 is 0 Å². The molecule has 0 nitrogen and oxygen atoms in total. The summed E-state index contributed by atoms with van der Waals surface area (Å²) < 4.78 is 0. The Hall–Kier alpha value is -2.64. The van der Waals surface area contributed by atoms with E-state index >= 15 is 0 Å². The molecule has 0 amide bonds. The minimum absolute atomic E-state index is 1.26. The fourth-order valence-electron chi connectivity index (χ4n) is 2.96. The summed E-state index contributed by atoms with van der Waals surface area (Å²) in [6, 6.07) is 32.2.